The smallest absolute Gasteiger partial charge is 0.146 e. The van der Waals surface area contributed by atoms with Crippen LogP contribution < -0.4 is 0 Å². The summed E-state index contributed by atoms with van der Waals surface area (Å²) in [6.07, 6.45) is 0.946. The van der Waals surface area contributed by atoms with Gasteiger partial charge in [-0.1, -0.05) is 27.7 Å². The van der Waals surface area contributed by atoms with Gasteiger partial charge in [0.2, 0.25) is 0 Å². The molecular formula is C12H20O2. The maximum atomic E-state index is 11.8. The minimum Gasteiger partial charge on any atom is -0.299 e. The van der Waals surface area contributed by atoms with Crippen molar-refractivity contribution in [2.75, 3.05) is 0 Å². The average Bonchev–Trinajstić information content (AvgIpc) is 2.71. The van der Waals surface area contributed by atoms with E-state index in [0.717, 1.165) is 6.42 Å². The van der Waals surface area contributed by atoms with Crippen molar-refractivity contribution >= 4 is 11.6 Å². The number of Topliss-reactive ketones (excluding diaryl/α,β-unsaturated/α-hetero) is 2. The summed E-state index contributed by atoms with van der Waals surface area (Å²) in [7, 11) is 0. The lowest BCUT2D eigenvalue weighted by atomic mass is 9.89. The Bertz CT molecular complexity index is 263. The largest absolute Gasteiger partial charge is 0.299 e. The monoisotopic (exact) mass is 196 g/mol. The van der Waals surface area contributed by atoms with Crippen LogP contribution in [0.2, 0.25) is 0 Å². The summed E-state index contributed by atoms with van der Waals surface area (Å²) in [5.41, 5.74) is 0.141. The van der Waals surface area contributed by atoms with E-state index < -0.39 is 5.92 Å². The van der Waals surface area contributed by atoms with Gasteiger partial charge in [0.1, 0.15) is 11.6 Å². The van der Waals surface area contributed by atoms with Gasteiger partial charge in [-0.2, -0.15) is 0 Å². The summed E-state index contributed by atoms with van der Waals surface area (Å²) < 4.78 is 0. The van der Waals surface area contributed by atoms with Crippen molar-refractivity contribution in [1.29, 1.82) is 0 Å². The summed E-state index contributed by atoms with van der Waals surface area (Å²) >= 11 is 0. The Balaban J connectivity index is 2.59. The van der Waals surface area contributed by atoms with Gasteiger partial charge in [-0.25, -0.2) is 0 Å². The topological polar surface area (TPSA) is 34.1 Å². The third-order valence-corrected chi connectivity index (χ3v) is 3.28. The fourth-order valence-corrected chi connectivity index (χ4v) is 1.89. The molecule has 2 atom stereocenters. The highest BCUT2D eigenvalue weighted by Gasteiger charge is 2.52. The van der Waals surface area contributed by atoms with E-state index in [1.165, 1.54) is 0 Å². The zero-order chi connectivity index (χ0) is 11.1. The maximum absolute atomic E-state index is 11.8. The highest BCUT2D eigenvalue weighted by molar-refractivity contribution is 6.04. The molecule has 0 amide bonds. The van der Waals surface area contributed by atoms with Gasteiger partial charge in [-0.05, 0) is 18.8 Å². The summed E-state index contributed by atoms with van der Waals surface area (Å²) in [4.78, 5) is 23.5. The molecule has 0 saturated heterocycles. The van der Waals surface area contributed by atoms with Crippen LogP contribution in [0.15, 0.2) is 0 Å². The predicted molar refractivity (Wildman–Crippen MR) is 55.9 cm³/mol. The van der Waals surface area contributed by atoms with Crippen molar-refractivity contribution in [3.63, 3.8) is 0 Å². The minimum atomic E-state index is -0.401. The Labute approximate surface area is 86.1 Å². The third kappa shape index (κ3) is 2.05. The second kappa shape index (κ2) is 3.48. The van der Waals surface area contributed by atoms with Crippen LogP contribution in [0.3, 0.4) is 0 Å². The molecule has 1 saturated carbocycles. The zero-order valence-corrected chi connectivity index (χ0v) is 9.76. The Morgan fingerprint density at radius 2 is 1.64 bits per heavy atom. The van der Waals surface area contributed by atoms with Crippen molar-refractivity contribution in [2.24, 2.45) is 23.2 Å². The van der Waals surface area contributed by atoms with E-state index in [-0.39, 0.29) is 28.8 Å². The molecule has 0 heterocycles. The first kappa shape index (κ1) is 11.4. The van der Waals surface area contributed by atoms with Crippen molar-refractivity contribution in [1.82, 2.24) is 0 Å². The molecule has 1 rings (SSSR count). The van der Waals surface area contributed by atoms with Crippen LogP contribution in [0.4, 0.5) is 0 Å². The quantitative estimate of drug-likeness (QED) is 0.647. The number of rotatable bonds is 4. The molecule has 2 heteroatoms. The number of ketones is 2. The molecule has 80 valence electrons. The van der Waals surface area contributed by atoms with E-state index in [9.17, 15) is 9.59 Å². The second-order valence-corrected chi connectivity index (χ2v) is 5.43. The van der Waals surface area contributed by atoms with E-state index in [2.05, 4.69) is 13.8 Å². The lowest BCUT2D eigenvalue weighted by molar-refractivity contribution is -0.134. The molecule has 0 bridgehead atoms. The summed E-state index contributed by atoms with van der Waals surface area (Å²) in [6, 6.07) is 0. The number of carbonyl (C=O) groups is 2. The van der Waals surface area contributed by atoms with Crippen LogP contribution in [-0.2, 0) is 9.59 Å². The minimum absolute atomic E-state index is 0.0317. The maximum Gasteiger partial charge on any atom is 0.146 e. The van der Waals surface area contributed by atoms with Crippen molar-refractivity contribution < 1.29 is 9.59 Å². The first-order chi connectivity index (χ1) is 6.27. The molecule has 0 N–H and O–H groups in total. The lowest BCUT2D eigenvalue weighted by Gasteiger charge is -2.12. The van der Waals surface area contributed by atoms with Crippen molar-refractivity contribution in [2.45, 2.75) is 41.0 Å². The fraction of sp³-hybridized carbons (Fsp3) is 0.833. The number of hydrogen-bond acceptors (Lipinski definition) is 2. The van der Waals surface area contributed by atoms with Crippen molar-refractivity contribution in [3.8, 4) is 0 Å². The first-order valence-corrected chi connectivity index (χ1v) is 5.35. The van der Waals surface area contributed by atoms with Gasteiger partial charge in [-0.15, -0.1) is 0 Å². The van der Waals surface area contributed by atoms with E-state index in [0.29, 0.717) is 0 Å². The molecule has 1 aliphatic carbocycles. The fourth-order valence-electron chi connectivity index (χ4n) is 1.89. The number of hydrogen-bond donors (Lipinski definition) is 0. The molecule has 1 fully saturated rings. The second-order valence-electron chi connectivity index (χ2n) is 5.43. The van der Waals surface area contributed by atoms with Gasteiger partial charge in [0, 0.05) is 11.8 Å². The molecule has 0 spiro atoms. The van der Waals surface area contributed by atoms with Gasteiger partial charge in [0.05, 0.1) is 5.92 Å². The third-order valence-electron chi connectivity index (χ3n) is 3.28. The highest BCUT2D eigenvalue weighted by Crippen LogP contribution is 2.53. The molecular weight excluding hydrogens is 176 g/mol. The van der Waals surface area contributed by atoms with Gasteiger partial charge >= 0.3 is 0 Å². The standard InChI is InChI=1S/C12H20O2/c1-7(2)10(13)8(3)11(14)9-6-12(9,4)5/h7-9H,6H2,1-5H3. The van der Waals surface area contributed by atoms with Crippen LogP contribution >= 0.6 is 0 Å². The summed E-state index contributed by atoms with van der Waals surface area (Å²) in [5.74, 6) is -0.0795. The molecule has 14 heavy (non-hydrogen) atoms. The average molecular weight is 196 g/mol. The molecule has 2 nitrogen and oxygen atoms in total. The van der Waals surface area contributed by atoms with Crippen LogP contribution in [0, 0.1) is 23.2 Å². The molecule has 0 aromatic rings. The van der Waals surface area contributed by atoms with Crippen LogP contribution in [0.5, 0.6) is 0 Å². The van der Waals surface area contributed by atoms with Crippen molar-refractivity contribution in [3.05, 3.63) is 0 Å². The molecule has 2 unspecified atom stereocenters. The molecule has 1 aliphatic rings. The SMILES string of the molecule is CC(C)C(=O)C(C)C(=O)C1CC1(C)C. The van der Waals surface area contributed by atoms with E-state index in [1.54, 1.807) is 6.92 Å². The van der Waals surface area contributed by atoms with Gasteiger partial charge in [0.25, 0.3) is 0 Å². The van der Waals surface area contributed by atoms with Gasteiger partial charge in [-0.3, -0.25) is 9.59 Å². The normalized spacial score (nSPS) is 26.0. The molecule has 0 aromatic carbocycles. The zero-order valence-electron chi connectivity index (χ0n) is 9.76. The Morgan fingerprint density at radius 3 is 1.93 bits per heavy atom. The first-order valence-electron chi connectivity index (χ1n) is 5.35. The Hall–Kier alpha value is -0.660. The van der Waals surface area contributed by atoms with Crippen LogP contribution in [0.1, 0.15) is 41.0 Å². The van der Waals surface area contributed by atoms with Gasteiger partial charge in [0.15, 0.2) is 0 Å². The number of carbonyl (C=O) groups excluding carboxylic acids is 2. The molecule has 0 aliphatic heterocycles. The molecule has 0 aromatic heterocycles. The van der Waals surface area contributed by atoms with Gasteiger partial charge < -0.3 is 0 Å². The summed E-state index contributed by atoms with van der Waals surface area (Å²) in [6.45, 7) is 9.62. The van der Waals surface area contributed by atoms with E-state index >= 15 is 0 Å². The lowest BCUT2D eigenvalue weighted by Crippen LogP contribution is -2.27. The highest BCUT2D eigenvalue weighted by atomic mass is 16.2. The predicted octanol–water partition coefficient (Wildman–Crippen LogP) is 2.46. The molecule has 0 radical (unpaired) electrons. The Morgan fingerprint density at radius 1 is 1.21 bits per heavy atom. The Kier molecular flexibility index (Phi) is 2.84. The van der Waals surface area contributed by atoms with Crippen LogP contribution in [0.25, 0.3) is 0 Å². The van der Waals surface area contributed by atoms with E-state index in [4.69, 9.17) is 0 Å². The van der Waals surface area contributed by atoms with Crippen LogP contribution in [-0.4, -0.2) is 11.6 Å². The van der Waals surface area contributed by atoms with E-state index in [1.807, 2.05) is 13.8 Å². The summed E-state index contributed by atoms with van der Waals surface area (Å²) in [5, 5.41) is 0.